The van der Waals surface area contributed by atoms with Crippen LogP contribution in [0, 0.1) is 0 Å². The highest BCUT2D eigenvalue weighted by Gasteiger charge is 2.30. The number of rotatable bonds is 7. The molecule has 0 saturated carbocycles. The molecule has 0 radical (unpaired) electrons. The van der Waals surface area contributed by atoms with Crippen LogP contribution in [-0.2, 0) is 12.7 Å². The molecule has 0 aliphatic heterocycles. The van der Waals surface area contributed by atoms with Crippen molar-refractivity contribution in [2.45, 2.75) is 12.7 Å². The Hall–Kier alpha value is -4.12. The number of hydrogen-bond donors (Lipinski definition) is 2. The summed E-state index contributed by atoms with van der Waals surface area (Å²) in [4.78, 5) is 15.8. The summed E-state index contributed by atoms with van der Waals surface area (Å²) in [5.41, 5.74) is 3.58. The normalized spacial score (nSPS) is 11.6. The van der Waals surface area contributed by atoms with Crippen molar-refractivity contribution in [3.05, 3.63) is 82.8 Å². The van der Waals surface area contributed by atoms with E-state index < -0.39 is 11.7 Å². The van der Waals surface area contributed by atoms with E-state index in [0.29, 0.717) is 28.5 Å². The van der Waals surface area contributed by atoms with Gasteiger partial charge in [-0.05, 0) is 47.3 Å². The van der Waals surface area contributed by atoms with Crippen LogP contribution in [0.5, 0.6) is 0 Å². The lowest BCUT2D eigenvalue weighted by Crippen LogP contribution is -2.10. The van der Waals surface area contributed by atoms with E-state index in [2.05, 4.69) is 20.6 Å². The molecule has 0 fully saturated rings. The third-order valence-corrected chi connectivity index (χ3v) is 6.18. The fourth-order valence-electron chi connectivity index (χ4n) is 3.70. The summed E-state index contributed by atoms with van der Waals surface area (Å²) in [5.74, 6) is 0.750. The number of aromatic nitrogens is 4. The van der Waals surface area contributed by atoms with E-state index in [1.807, 2.05) is 64.7 Å². The molecule has 184 valence electrons. The summed E-state index contributed by atoms with van der Waals surface area (Å²) < 4.78 is 41.3. The number of thiophene rings is 1. The first-order chi connectivity index (χ1) is 17.3. The van der Waals surface area contributed by atoms with Gasteiger partial charge in [0.15, 0.2) is 17.0 Å². The Morgan fingerprint density at radius 2 is 1.86 bits per heavy atom. The van der Waals surface area contributed by atoms with Crippen LogP contribution in [0.3, 0.4) is 0 Å². The van der Waals surface area contributed by atoms with E-state index >= 15 is 0 Å². The number of imidazole rings is 1. The quantitative estimate of drug-likeness (QED) is 0.268. The van der Waals surface area contributed by atoms with Gasteiger partial charge in [-0.25, -0.2) is 4.98 Å². The molecule has 0 aliphatic carbocycles. The number of nitrogens with one attached hydrogen (secondary N) is 2. The molecule has 0 amide bonds. The number of anilines is 4. The molecular formula is C25H22F3N7S. The molecule has 5 rings (SSSR count). The first-order valence-electron chi connectivity index (χ1n) is 11.0. The Labute approximate surface area is 209 Å². The zero-order valence-electron chi connectivity index (χ0n) is 19.4. The van der Waals surface area contributed by atoms with Crippen molar-refractivity contribution in [3.63, 3.8) is 0 Å². The lowest BCUT2D eigenvalue weighted by Gasteiger charge is -2.15. The zero-order valence-corrected chi connectivity index (χ0v) is 20.2. The highest BCUT2D eigenvalue weighted by Crippen LogP contribution is 2.30. The first-order valence-corrected chi connectivity index (χ1v) is 11.9. The summed E-state index contributed by atoms with van der Waals surface area (Å²) in [7, 11) is 3.91. The molecule has 0 spiro atoms. The van der Waals surface area contributed by atoms with Gasteiger partial charge in [-0.1, -0.05) is 18.2 Å². The second kappa shape index (κ2) is 9.50. The van der Waals surface area contributed by atoms with Gasteiger partial charge in [-0.3, -0.25) is 4.57 Å². The number of nitrogens with zero attached hydrogens (tertiary/aromatic N) is 5. The molecule has 0 bridgehead atoms. The second-order valence-corrected chi connectivity index (χ2v) is 9.07. The topological polar surface area (TPSA) is 70.9 Å². The van der Waals surface area contributed by atoms with Crippen molar-refractivity contribution in [2.24, 2.45) is 0 Å². The van der Waals surface area contributed by atoms with Gasteiger partial charge in [-0.15, -0.1) is 0 Å². The summed E-state index contributed by atoms with van der Waals surface area (Å²) >= 11 is 1.55. The highest BCUT2D eigenvalue weighted by molar-refractivity contribution is 7.08. The maximum Gasteiger partial charge on any atom is 0.416 e. The molecule has 2 aromatic carbocycles. The van der Waals surface area contributed by atoms with Crippen LogP contribution in [0.25, 0.3) is 16.9 Å². The first kappa shape index (κ1) is 23.6. The molecule has 0 unspecified atom stereocenters. The van der Waals surface area contributed by atoms with Crippen molar-refractivity contribution in [1.82, 2.24) is 19.5 Å². The fraction of sp³-hybridized carbons (Fsp3) is 0.160. The summed E-state index contributed by atoms with van der Waals surface area (Å²) in [6.07, 6.45) is -2.75. The van der Waals surface area contributed by atoms with Gasteiger partial charge in [0, 0.05) is 37.4 Å². The van der Waals surface area contributed by atoms with E-state index in [1.165, 1.54) is 6.07 Å². The molecule has 7 nitrogen and oxygen atoms in total. The summed E-state index contributed by atoms with van der Waals surface area (Å²) in [5, 5.41) is 10.3. The Balaban J connectivity index is 1.51. The predicted molar refractivity (Wildman–Crippen MR) is 137 cm³/mol. The van der Waals surface area contributed by atoms with Crippen molar-refractivity contribution in [2.75, 3.05) is 29.6 Å². The van der Waals surface area contributed by atoms with Crippen molar-refractivity contribution in [3.8, 4) is 5.69 Å². The Morgan fingerprint density at radius 1 is 1.03 bits per heavy atom. The molecule has 0 aliphatic rings. The van der Waals surface area contributed by atoms with Crippen LogP contribution in [0.15, 0.2) is 71.7 Å². The molecule has 36 heavy (non-hydrogen) atoms. The number of benzene rings is 2. The second-order valence-electron chi connectivity index (χ2n) is 8.29. The minimum absolute atomic E-state index is 0.136. The van der Waals surface area contributed by atoms with Crippen LogP contribution in [-0.4, -0.2) is 33.6 Å². The molecular weight excluding hydrogens is 487 g/mol. The van der Waals surface area contributed by atoms with Gasteiger partial charge >= 0.3 is 6.18 Å². The van der Waals surface area contributed by atoms with Crippen LogP contribution >= 0.6 is 11.3 Å². The van der Waals surface area contributed by atoms with E-state index in [-0.39, 0.29) is 6.54 Å². The molecule has 3 heterocycles. The lowest BCUT2D eigenvalue weighted by molar-refractivity contribution is -0.137. The van der Waals surface area contributed by atoms with Crippen LogP contribution in [0.2, 0.25) is 0 Å². The lowest BCUT2D eigenvalue weighted by atomic mass is 10.1. The molecule has 5 aromatic rings. The van der Waals surface area contributed by atoms with Gasteiger partial charge in [-0.2, -0.15) is 34.5 Å². The molecule has 2 N–H and O–H groups in total. The monoisotopic (exact) mass is 509 g/mol. The third-order valence-electron chi connectivity index (χ3n) is 5.51. The average Bonchev–Trinajstić information content (AvgIpc) is 3.52. The molecule has 11 heteroatoms. The zero-order chi connectivity index (χ0) is 25.3. The van der Waals surface area contributed by atoms with Gasteiger partial charge in [0.2, 0.25) is 5.95 Å². The molecule has 3 aromatic heterocycles. The Kier molecular flexibility index (Phi) is 6.23. The largest absolute Gasteiger partial charge is 0.416 e. The van der Waals surface area contributed by atoms with Crippen LogP contribution < -0.4 is 15.5 Å². The van der Waals surface area contributed by atoms with Gasteiger partial charge < -0.3 is 15.5 Å². The van der Waals surface area contributed by atoms with Crippen LogP contribution in [0.4, 0.5) is 36.3 Å². The van der Waals surface area contributed by atoms with Crippen molar-refractivity contribution >= 4 is 45.6 Å². The molecule has 0 atom stereocenters. The number of fused-ring (bicyclic) bond motifs is 1. The van der Waals surface area contributed by atoms with Crippen molar-refractivity contribution in [1.29, 1.82) is 0 Å². The summed E-state index contributed by atoms with van der Waals surface area (Å²) in [6.45, 7) is 0.136. The fourth-order valence-corrected chi connectivity index (χ4v) is 4.32. The smallest absolute Gasteiger partial charge is 0.378 e. The number of alkyl halides is 3. The summed E-state index contributed by atoms with van der Waals surface area (Å²) in [6, 6.07) is 15.0. The number of hydrogen-bond acceptors (Lipinski definition) is 7. The standard InChI is InChI=1S/C25H22F3N7S/c1-34(2)19-8-4-7-18(12-19)31-24-32-22(29-13-16-5-3-6-17(11-16)25(26,27)28)21-23(33-24)35(15-30-21)20-9-10-36-14-20/h3-12,14-15H,13H2,1-2H3,(H2,29,31,32,33). The maximum absolute atomic E-state index is 13.2. The van der Waals surface area contributed by atoms with Crippen LogP contribution in [0.1, 0.15) is 11.1 Å². The van der Waals surface area contributed by atoms with E-state index in [4.69, 9.17) is 4.98 Å². The van der Waals surface area contributed by atoms with Gasteiger partial charge in [0.25, 0.3) is 0 Å². The maximum atomic E-state index is 13.2. The van der Waals surface area contributed by atoms with E-state index in [1.54, 1.807) is 23.7 Å². The third kappa shape index (κ3) is 4.96. The van der Waals surface area contributed by atoms with E-state index in [0.717, 1.165) is 29.2 Å². The highest BCUT2D eigenvalue weighted by atomic mass is 32.1. The minimum Gasteiger partial charge on any atom is -0.378 e. The predicted octanol–water partition coefficient (Wildman–Crippen LogP) is 6.32. The SMILES string of the molecule is CN(C)c1cccc(Nc2nc(NCc3cccc(C(F)(F)F)c3)c3ncn(-c4ccsc4)c3n2)c1. The molecule has 0 saturated heterocycles. The minimum atomic E-state index is -4.41. The Bertz CT molecular complexity index is 1490. The van der Waals surface area contributed by atoms with E-state index in [9.17, 15) is 13.2 Å². The van der Waals surface area contributed by atoms with Gasteiger partial charge in [0.05, 0.1) is 11.3 Å². The van der Waals surface area contributed by atoms with Crippen molar-refractivity contribution < 1.29 is 13.2 Å². The Morgan fingerprint density at radius 3 is 2.61 bits per heavy atom. The van der Waals surface area contributed by atoms with Gasteiger partial charge in [0.1, 0.15) is 6.33 Å². The number of halogens is 3. The average molecular weight is 510 g/mol.